The predicted octanol–water partition coefficient (Wildman–Crippen LogP) is 1.67. The number of hydrogen-bond acceptors (Lipinski definition) is 3. The summed E-state index contributed by atoms with van der Waals surface area (Å²) < 4.78 is 31.9. The lowest BCUT2D eigenvalue weighted by Crippen LogP contribution is -2.37. The van der Waals surface area contributed by atoms with Crippen LogP contribution < -0.4 is 5.73 Å². The first kappa shape index (κ1) is 11.0. The van der Waals surface area contributed by atoms with Gasteiger partial charge in [0.05, 0.1) is 13.2 Å². The zero-order valence-corrected chi connectivity index (χ0v) is 8.62. The number of hydrogen-bond donors (Lipinski definition) is 1. The zero-order valence-electron chi connectivity index (χ0n) is 8.62. The van der Waals surface area contributed by atoms with Gasteiger partial charge in [-0.2, -0.15) is 0 Å². The van der Waals surface area contributed by atoms with E-state index >= 15 is 0 Å². The van der Waals surface area contributed by atoms with Crippen molar-refractivity contribution in [3.8, 4) is 0 Å². The molecule has 1 atom stereocenters. The summed E-state index contributed by atoms with van der Waals surface area (Å²) in [6, 6.07) is 4.05. The van der Waals surface area contributed by atoms with Crippen molar-refractivity contribution in [2.45, 2.75) is 5.54 Å². The Hall–Kier alpha value is -1.49. The van der Waals surface area contributed by atoms with E-state index in [9.17, 15) is 8.78 Å². The third kappa shape index (κ3) is 1.78. The van der Waals surface area contributed by atoms with E-state index in [1.807, 2.05) is 0 Å². The lowest BCUT2D eigenvalue weighted by molar-refractivity contribution is 0.0845. The molecule has 2 N–H and O–H groups in total. The van der Waals surface area contributed by atoms with E-state index in [0.717, 1.165) is 0 Å². The molecule has 3 nitrogen and oxygen atoms in total. The van der Waals surface area contributed by atoms with E-state index in [2.05, 4.69) is 4.99 Å². The van der Waals surface area contributed by atoms with Crippen LogP contribution in [0.4, 0.5) is 14.5 Å². The maximum absolute atomic E-state index is 13.6. The molecule has 0 spiro atoms. The average Bonchev–Trinajstić information content (AvgIpc) is 2.33. The Kier molecular flexibility index (Phi) is 2.87. The number of aliphatic imine (C=N–C) groups is 1. The lowest BCUT2D eigenvalue weighted by atomic mass is 9.91. The van der Waals surface area contributed by atoms with Crippen molar-refractivity contribution in [3.05, 3.63) is 29.6 Å². The van der Waals surface area contributed by atoms with Gasteiger partial charge in [-0.05, 0) is 18.2 Å². The summed E-state index contributed by atoms with van der Waals surface area (Å²) in [5.74, 6) is -0.519. The molecule has 5 heteroatoms. The highest BCUT2D eigenvalue weighted by molar-refractivity contribution is 5.61. The summed E-state index contributed by atoms with van der Waals surface area (Å²) >= 11 is 0. The Bertz CT molecular complexity index is 422. The zero-order chi connectivity index (χ0) is 11.6. The van der Waals surface area contributed by atoms with E-state index in [4.69, 9.17) is 10.5 Å². The molecule has 0 fully saturated rings. The van der Waals surface area contributed by atoms with E-state index in [-0.39, 0.29) is 12.2 Å². The maximum Gasteiger partial charge on any atom is 0.140 e. The minimum Gasteiger partial charge on any atom is -0.399 e. The summed E-state index contributed by atoms with van der Waals surface area (Å²) in [4.78, 5) is 4.03. The first-order valence-corrected chi connectivity index (χ1v) is 4.91. The standard InChI is InChI=1S/C11H12F2N2O/c12-6-11(7-16-4-3-15-11)9-5-8(14)1-2-10(9)13/h1-3,5H,4,6-7,14H2. The second-order valence-electron chi connectivity index (χ2n) is 3.73. The van der Waals surface area contributed by atoms with Crippen LogP contribution >= 0.6 is 0 Å². The van der Waals surface area contributed by atoms with Crippen molar-refractivity contribution in [1.82, 2.24) is 0 Å². The molecule has 1 aromatic rings. The summed E-state index contributed by atoms with van der Waals surface area (Å²) in [5.41, 5.74) is 4.81. The molecular weight excluding hydrogens is 214 g/mol. The Labute approximate surface area is 91.9 Å². The van der Waals surface area contributed by atoms with Gasteiger partial charge in [-0.15, -0.1) is 0 Å². The van der Waals surface area contributed by atoms with Crippen LogP contribution in [0.3, 0.4) is 0 Å². The van der Waals surface area contributed by atoms with Gasteiger partial charge in [0.2, 0.25) is 0 Å². The number of alkyl halides is 1. The average molecular weight is 226 g/mol. The molecule has 0 amide bonds. The SMILES string of the molecule is Nc1ccc(F)c(C2(CF)COCC=N2)c1. The van der Waals surface area contributed by atoms with E-state index < -0.39 is 18.0 Å². The molecule has 1 aliphatic rings. The van der Waals surface area contributed by atoms with Crippen LogP contribution in [-0.2, 0) is 10.3 Å². The first-order valence-electron chi connectivity index (χ1n) is 4.91. The van der Waals surface area contributed by atoms with Gasteiger partial charge in [-0.3, -0.25) is 4.99 Å². The molecule has 0 aliphatic carbocycles. The Morgan fingerprint density at radius 3 is 2.94 bits per heavy atom. The fourth-order valence-corrected chi connectivity index (χ4v) is 1.72. The molecule has 86 valence electrons. The summed E-state index contributed by atoms with van der Waals surface area (Å²) in [6.45, 7) is -0.462. The van der Waals surface area contributed by atoms with Gasteiger partial charge in [0, 0.05) is 17.5 Å². The number of ether oxygens (including phenoxy) is 1. The first-order chi connectivity index (χ1) is 7.68. The van der Waals surface area contributed by atoms with Crippen LogP contribution in [0.5, 0.6) is 0 Å². The van der Waals surface area contributed by atoms with E-state index in [1.54, 1.807) is 0 Å². The molecule has 1 aliphatic heterocycles. The number of nitrogens with two attached hydrogens (primary N) is 1. The maximum atomic E-state index is 13.6. The van der Waals surface area contributed by atoms with Crippen LogP contribution in [0.1, 0.15) is 5.56 Å². The number of halogens is 2. The van der Waals surface area contributed by atoms with Crippen molar-refractivity contribution in [2.75, 3.05) is 25.6 Å². The fraction of sp³-hybridized carbons (Fsp3) is 0.364. The number of nitrogen functional groups attached to an aromatic ring is 1. The summed E-state index contributed by atoms with van der Waals surface area (Å²) in [5, 5.41) is 0. The molecule has 0 radical (unpaired) electrons. The fourth-order valence-electron chi connectivity index (χ4n) is 1.72. The summed E-state index contributed by atoms with van der Waals surface area (Å²) in [6.07, 6.45) is 1.45. The number of anilines is 1. The monoisotopic (exact) mass is 226 g/mol. The van der Waals surface area contributed by atoms with Gasteiger partial charge >= 0.3 is 0 Å². The number of rotatable bonds is 2. The molecule has 0 aromatic heterocycles. The smallest absolute Gasteiger partial charge is 0.140 e. The summed E-state index contributed by atoms with van der Waals surface area (Å²) in [7, 11) is 0. The van der Waals surface area contributed by atoms with Crippen molar-refractivity contribution in [3.63, 3.8) is 0 Å². The quantitative estimate of drug-likeness (QED) is 0.780. The van der Waals surface area contributed by atoms with Crippen molar-refractivity contribution in [1.29, 1.82) is 0 Å². The molecule has 2 rings (SSSR count). The Morgan fingerprint density at radius 2 is 2.31 bits per heavy atom. The van der Waals surface area contributed by atoms with Crippen LogP contribution in [-0.4, -0.2) is 26.1 Å². The molecule has 1 aromatic carbocycles. The van der Waals surface area contributed by atoms with E-state index in [1.165, 1.54) is 24.4 Å². The molecule has 1 heterocycles. The van der Waals surface area contributed by atoms with Gasteiger partial charge in [0.15, 0.2) is 0 Å². The highest BCUT2D eigenvalue weighted by Crippen LogP contribution is 2.32. The minimum atomic E-state index is -1.28. The largest absolute Gasteiger partial charge is 0.399 e. The molecule has 1 unspecified atom stereocenters. The van der Waals surface area contributed by atoms with Crippen molar-refractivity contribution >= 4 is 11.9 Å². The normalized spacial score (nSPS) is 24.6. The predicted molar refractivity (Wildman–Crippen MR) is 57.8 cm³/mol. The Balaban J connectivity index is 2.51. The molecule has 0 saturated heterocycles. The van der Waals surface area contributed by atoms with Crippen molar-refractivity contribution < 1.29 is 13.5 Å². The molecule has 0 bridgehead atoms. The topological polar surface area (TPSA) is 47.6 Å². The van der Waals surface area contributed by atoms with Gasteiger partial charge in [0.1, 0.15) is 18.0 Å². The molecule has 16 heavy (non-hydrogen) atoms. The van der Waals surface area contributed by atoms with Crippen LogP contribution in [0.15, 0.2) is 23.2 Å². The minimum absolute atomic E-state index is 0.0281. The molecule has 0 saturated carbocycles. The second-order valence-corrected chi connectivity index (χ2v) is 3.73. The third-order valence-corrected chi connectivity index (χ3v) is 2.58. The van der Waals surface area contributed by atoms with Crippen LogP contribution in [0.2, 0.25) is 0 Å². The van der Waals surface area contributed by atoms with Crippen molar-refractivity contribution in [2.24, 2.45) is 4.99 Å². The van der Waals surface area contributed by atoms with E-state index in [0.29, 0.717) is 12.3 Å². The highest BCUT2D eigenvalue weighted by Gasteiger charge is 2.36. The number of benzene rings is 1. The van der Waals surface area contributed by atoms with Gasteiger partial charge in [-0.25, -0.2) is 8.78 Å². The Morgan fingerprint density at radius 1 is 1.50 bits per heavy atom. The van der Waals surface area contributed by atoms with Gasteiger partial charge in [-0.1, -0.05) is 0 Å². The van der Waals surface area contributed by atoms with Crippen LogP contribution in [0.25, 0.3) is 0 Å². The molecular formula is C11H12F2N2O. The second kappa shape index (κ2) is 4.17. The highest BCUT2D eigenvalue weighted by atomic mass is 19.1. The lowest BCUT2D eigenvalue weighted by Gasteiger charge is -2.30. The van der Waals surface area contributed by atoms with Gasteiger partial charge in [0.25, 0.3) is 0 Å². The third-order valence-electron chi connectivity index (χ3n) is 2.58. The number of nitrogens with zero attached hydrogens (tertiary/aromatic N) is 1. The van der Waals surface area contributed by atoms with Crippen LogP contribution in [0, 0.1) is 5.82 Å². The van der Waals surface area contributed by atoms with Gasteiger partial charge < -0.3 is 10.5 Å².